The summed E-state index contributed by atoms with van der Waals surface area (Å²) in [5.74, 6) is 1.55. The fourth-order valence-corrected chi connectivity index (χ4v) is 1.38. The zero-order valence-electron chi connectivity index (χ0n) is 8.27. The van der Waals surface area contributed by atoms with Gasteiger partial charge in [-0.25, -0.2) is 0 Å². The Balaban J connectivity index is 2.29. The van der Waals surface area contributed by atoms with Crippen molar-refractivity contribution in [3.63, 3.8) is 0 Å². The lowest BCUT2D eigenvalue weighted by atomic mass is 10.0. The molecule has 0 aliphatic carbocycles. The Labute approximate surface area is 82.8 Å². The second-order valence-electron chi connectivity index (χ2n) is 3.30. The van der Waals surface area contributed by atoms with Gasteiger partial charge in [0, 0.05) is 12.8 Å². The molecule has 0 spiro atoms. The maximum Gasteiger partial charge on any atom is 0.223 e. The molecule has 0 fully saturated rings. The molecule has 0 radical (unpaired) electrons. The summed E-state index contributed by atoms with van der Waals surface area (Å²) in [6, 6.07) is 10.2. The van der Waals surface area contributed by atoms with Crippen LogP contribution in [-0.4, -0.2) is 10.1 Å². The highest BCUT2D eigenvalue weighted by molar-refractivity contribution is 5.23. The van der Waals surface area contributed by atoms with Gasteiger partial charge in [-0.1, -0.05) is 42.4 Å². The molecule has 1 unspecified atom stereocenters. The van der Waals surface area contributed by atoms with Crippen molar-refractivity contribution in [1.82, 2.24) is 10.1 Å². The summed E-state index contributed by atoms with van der Waals surface area (Å²) in [5.41, 5.74) is 1.20. The summed E-state index contributed by atoms with van der Waals surface area (Å²) in [6.07, 6.45) is 0. The minimum absolute atomic E-state index is 0.189. The summed E-state index contributed by atoms with van der Waals surface area (Å²) in [7, 11) is 0. The van der Waals surface area contributed by atoms with Crippen molar-refractivity contribution in [2.24, 2.45) is 0 Å². The first-order valence-electron chi connectivity index (χ1n) is 4.62. The molecule has 0 saturated heterocycles. The van der Waals surface area contributed by atoms with Crippen LogP contribution < -0.4 is 0 Å². The minimum atomic E-state index is 0.189. The molecule has 1 heterocycles. The predicted molar refractivity (Wildman–Crippen MR) is 53.0 cm³/mol. The normalized spacial score (nSPS) is 12.7. The number of hydrogen-bond acceptors (Lipinski definition) is 3. The Morgan fingerprint density at radius 2 is 1.93 bits per heavy atom. The molecular formula is C11H12N2O. The summed E-state index contributed by atoms with van der Waals surface area (Å²) in [6.45, 7) is 3.87. The monoisotopic (exact) mass is 188 g/mol. The van der Waals surface area contributed by atoms with E-state index in [0.717, 1.165) is 5.82 Å². The number of nitrogens with zero attached hydrogens (tertiary/aromatic N) is 2. The van der Waals surface area contributed by atoms with Gasteiger partial charge in [0.25, 0.3) is 0 Å². The molecule has 0 N–H and O–H groups in total. The van der Waals surface area contributed by atoms with Crippen LogP contribution in [0.5, 0.6) is 0 Å². The third-order valence-corrected chi connectivity index (χ3v) is 2.23. The molecule has 1 atom stereocenters. The topological polar surface area (TPSA) is 38.9 Å². The van der Waals surface area contributed by atoms with Crippen LogP contribution in [0.1, 0.15) is 30.1 Å². The van der Waals surface area contributed by atoms with Crippen LogP contribution in [0.4, 0.5) is 0 Å². The number of hydrogen-bond donors (Lipinski definition) is 0. The predicted octanol–water partition coefficient (Wildman–Crippen LogP) is 2.53. The van der Waals surface area contributed by atoms with Crippen LogP contribution >= 0.6 is 0 Å². The average Bonchev–Trinajstić information content (AvgIpc) is 2.65. The number of rotatable bonds is 2. The molecule has 3 heteroatoms. The SMILES string of the molecule is Cc1nc(C(C)c2ccccc2)no1. The average molecular weight is 188 g/mol. The van der Waals surface area contributed by atoms with E-state index in [-0.39, 0.29) is 5.92 Å². The van der Waals surface area contributed by atoms with Gasteiger partial charge in [0.2, 0.25) is 5.89 Å². The maximum atomic E-state index is 4.95. The largest absolute Gasteiger partial charge is 0.340 e. The lowest BCUT2D eigenvalue weighted by Gasteiger charge is -2.05. The van der Waals surface area contributed by atoms with E-state index >= 15 is 0 Å². The van der Waals surface area contributed by atoms with Crippen LogP contribution in [0, 0.1) is 6.92 Å². The molecule has 0 bridgehead atoms. The zero-order chi connectivity index (χ0) is 9.97. The van der Waals surface area contributed by atoms with Crippen molar-refractivity contribution in [3.05, 3.63) is 47.6 Å². The van der Waals surface area contributed by atoms with E-state index in [0.29, 0.717) is 5.89 Å². The summed E-state index contributed by atoms with van der Waals surface area (Å²) in [4.78, 5) is 4.21. The van der Waals surface area contributed by atoms with Gasteiger partial charge in [-0.3, -0.25) is 0 Å². The van der Waals surface area contributed by atoms with Gasteiger partial charge in [-0.05, 0) is 5.56 Å². The van der Waals surface area contributed by atoms with E-state index in [9.17, 15) is 0 Å². The summed E-state index contributed by atoms with van der Waals surface area (Å²) < 4.78 is 4.95. The molecule has 3 nitrogen and oxygen atoms in total. The zero-order valence-corrected chi connectivity index (χ0v) is 8.27. The Morgan fingerprint density at radius 1 is 1.21 bits per heavy atom. The van der Waals surface area contributed by atoms with Crippen molar-refractivity contribution in [2.45, 2.75) is 19.8 Å². The van der Waals surface area contributed by atoms with Crippen LogP contribution in [0.2, 0.25) is 0 Å². The second kappa shape index (κ2) is 3.62. The van der Waals surface area contributed by atoms with Gasteiger partial charge in [0.15, 0.2) is 5.82 Å². The lowest BCUT2D eigenvalue weighted by Crippen LogP contribution is -1.97. The van der Waals surface area contributed by atoms with Crippen molar-refractivity contribution in [1.29, 1.82) is 0 Å². The Kier molecular flexibility index (Phi) is 2.31. The molecule has 1 aromatic heterocycles. The van der Waals surface area contributed by atoms with Gasteiger partial charge in [0.05, 0.1) is 0 Å². The lowest BCUT2D eigenvalue weighted by molar-refractivity contribution is 0.386. The third-order valence-electron chi connectivity index (χ3n) is 2.23. The first-order chi connectivity index (χ1) is 6.77. The fraction of sp³-hybridized carbons (Fsp3) is 0.273. The molecule has 14 heavy (non-hydrogen) atoms. The molecule has 2 rings (SSSR count). The first kappa shape index (κ1) is 8.94. The van der Waals surface area contributed by atoms with Gasteiger partial charge in [-0.2, -0.15) is 4.98 Å². The summed E-state index contributed by atoms with van der Waals surface area (Å²) in [5, 5.41) is 3.91. The number of benzene rings is 1. The van der Waals surface area contributed by atoms with Gasteiger partial charge >= 0.3 is 0 Å². The van der Waals surface area contributed by atoms with Crippen LogP contribution in [0.3, 0.4) is 0 Å². The van der Waals surface area contributed by atoms with E-state index < -0.39 is 0 Å². The maximum absolute atomic E-state index is 4.95. The number of aromatic nitrogens is 2. The summed E-state index contributed by atoms with van der Waals surface area (Å²) >= 11 is 0. The van der Waals surface area contributed by atoms with E-state index in [4.69, 9.17) is 4.52 Å². The molecule has 1 aromatic carbocycles. The van der Waals surface area contributed by atoms with Crippen LogP contribution in [-0.2, 0) is 0 Å². The molecule has 72 valence electrons. The third kappa shape index (κ3) is 1.66. The highest BCUT2D eigenvalue weighted by atomic mass is 16.5. The van der Waals surface area contributed by atoms with E-state index in [1.54, 1.807) is 6.92 Å². The van der Waals surface area contributed by atoms with Crippen molar-refractivity contribution in [2.75, 3.05) is 0 Å². The highest BCUT2D eigenvalue weighted by Crippen LogP contribution is 2.20. The van der Waals surface area contributed by atoms with Crippen LogP contribution in [0.25, 0.3) is 0 Å². The second-order valence-corrected chi connectivity index (χ2v) is 3.30. The van der Waals surface area contributed by atoms with Crippen molar-refractivity contribution < 1.29 is 4.52 Å². The molecule has 0 aliphatic rings. The van der Waals surface area contributed by atoms with Crippen molar-refractivity contribution in [3.8, 4) is 0 Å². The van der Waals surface area contributed by atoms with Crippen LogP contribution in [0.15, 0.2) is 34.9 Å². The standard InChI is InChI=1S/C11H12N2O/c1-8(10-6-4-3-5-7-10)11-12-9(2)14-13-11/h3-8H,1-2H3. The first-order valence-corrected chi connectivity index (χ1v) is 4.62. The minimum Gasteiger partial charge on any atom is -0.340 e. The number of aryl methyl sites for hydroxylation is 1. The van der Waals surface area contributed by atoms with Gasteiger partial charge in [0.1, 0.15) is 0 Å². The molecule has 0 saturated carbocycles. The van der Waals surface area contributed by atoms with E-state index in [2.05, 4.69) is 29.2 Å². The molecule has 0 aliphatic heterocycles. The van der Waals surface area contributed by atoms with E-state index in [1.165, 1.54) is 5.56 Å². The van der Waals surface area contributed by atoms with E-state index in [1.807, 2.05) is 18.2 Å². The highest BCUT2D eigenvalue weighted by Gasteiger charge is 2.13. The molecular weight excluding hydrogens is 176 g/mol. The quantitative estimate of drug-likeness (QED) is 0.726. The smallest absolute Gasteiger partial charge is 0.223 e. The fourth-order valence-electron chi connectivity index (χ4n) is 1.38. The van der Waals surface area contributed by atoms with Crippen molar-refractivity contribution >= 4 is 0 Å². The Hall–Kier alpha value is -1.64. The Morgan fingerprint density at radius 3 is 2.50 bits per heavy atom. The van der Waals surface area contributed by atoms with Gasteiger partial charge < -0.3 is 4.52 Å². The Bertz CT molecular complexity index is 408. The van der Waals surface area contributed by atoms with Gasteiger partial charge in [-0.15, -0.1) is 0 Å². The molecule has 0 amide bonds. The molecule has 2 aromatic rings.